The second-order valence-electron chi connectivity index (χ2n) is 10.9. The second kappa shape index (κ2) is 11.8. The van der Waals surface area contributed by atoms with E-state index in [-0.39, 0.29) is 31.3 Å². The van der Waals surface area contributed by atoms with E-state index in [1.165, 1.54) is 10.4 Å². The van der Waals surface area contributed by atoms with Crippen LogP contribution in [0, 0.1) is 0 Å². The topological polar surface area (TPSA) is 75.1 Å². The summed E-state index contributed by atoms with van der Waals surface area (Å²) in [4.78, 5) is 17.3. The molecule has 0 radical (unpaired) electrons. The average Bonchev–Trinajstić information content (AvgIpc) is 3.45. The number of amides is 1. The summed E-state index contributed by atoms with van der Waals surface area (Å²) in [5.41, 5.74) is -0.271. The van der Waals surface area contributed by atoms with Gasteiger partial charge >= 0.3 is 6.18 Å². The molecule has 1 aromatic heterocycles. The van der Waals surface area contributed by atoms with Gasteiger partial charge in [0, 0.05) is 63.6 Å². The van der Waals surface area contributed by atoms with Crippen LogP contribution in [0.15, 0.2) is 47.5 Å². The number of carbonyl (C=O) groups excluding carboxylic acids is 1. The van der Waals surface area contributed by atoms with Crippen LogP contribution in [0.4, 0.5) is 13.2 Å². The highest BCUT2D eigenvalue weighted by Gasteiger charge is 2.39. The maximum Gasteiger partial charge on any atom is 0.416 e. The number of ether oxygens (including phenoxy) is 1. The number of carbonyl (C=O) groups is 1. The predicted molar refractivity (Wildman–Crippen MR) is 143 cm³/mol. The third-order valence-electron chi connectivity index (χ3n) is 8.64. The maximum atomic E-state index is 13.7. The molecule has 2 aromatic rings. The van der Waals surface area contributed by atoms with Crippen LogP contribution >= 0.6 is 0 Å². The number of halogens is 3. The number of sulfonamides is 1. The first-order valence-electron chi connectivity index (χ1n) is 14.0. The van der Waals surface area contributed by atoms with Gasteiger partial charge in [0.15, 0.2) is 0 Å². The van der Waals surface area contributed by atoms with Crippen LogP contribution in [0.25, 0.3) is 0 Å². The largest absolute Gasteiger partial charge is 0.416 e. The minimum Gasteiger partial charge on any atom is -0.379 e. The number of rotatable bonds is 7. The lowest BCUT2D eigenvalue weighted by molar-refractivity contribution is -0.137. The van der Waals surface area contributed by atoms with E-state index >= 15 is 0 Å². The van der Waals surface area contributed by atoms with Crippen molar-refractivity contribution in [3.8, 4) is 0 Å². The highest BCUT2D eigenvalue weighted by atomic mass is 32.2. The Labute approximate surface area is 233 Å². The molecule has 1 aliphatic carbocycles. The van der Waals surface area contributed by atoms with Gasteiger partial charge in [-0.25, -0.2) is 8.42 Å². The highest BCUT2D eigenvalue weighted by molar-refractivity contribution is 7.89. The van der Waals surface area contributed by atoms with Crippen molar-refractivity contribution in [2.45, 2.75) is 74.3 Å². The first kappa shape index (κ1) is 29.1. The van der Waals surface area contributed by atoms with Gasteiger partial charge in [-0.3, -0.25) is 9.69 Å². The van der Waals surface area contributed by atoms with Crippen molar-refractivity contribution in [2.24, 2.45) is 0 Å². The molecular weight excluding hydrogens is 545 g/mol. The minimum absolute atomic E-state index is 0.0484. The first-order chi connectivity index (χ1) is 19.1. The molecule has 12 heteroatoms. The minimum atomic E-state index is -4.65. The van der Waals surface area contributed by atoms with Gasteiger partial charge in [-0.15, -0.1) is 0 Å². The Morgan fingerprint density at radius 3 is 2.60 bits per heavy atom. The van der Waals surface area contributed by atoms with Gasteiger partial charge < -0.3 is 14.2 Å². The number of alkyl halides is 3. The van der Waals surface area contributed by atoms with Gasteiger partial charge in [0.1, 0.15) is 0 Å². The Hall–Kier alpha value is -2.41. The number of benzene rings is 1. The van der Waals surface area contributed by atoms with Crippen LogP contribution in [-0.4, -0.2) is 85.0 Å². The maximum absolute atomic E-state index is 13.7. The molecule has 40 heavy (non-hydrogen) atoms. The van der Waals surface area contributed by atoms with Crippen molar-refractivity contribution in [3.05, 3.63) is 53.9 Å². The summed E-state index contributed by atoms with van der Waals surface area (Å²) in [6.07, 6.45) is 1.58. The van der Waals surface area contributed by atoms with Crippen molar-refractivity contribution in [3.63, 3.8) is 0 Å². The van der Waals surface area contributed by atoms with Crippen molar-refractivity contribution < 1.29 is 31.1 Å². The number of fused-ring (bicyclic) bond motifs is 1. The predicted octanol–water partition coefficient (Wildman–Crippen LogP) is 4.13. The molecule has 0 N–H and O–H groups in total. The number of aromatic nitrogens is 1. The standard InChI is InChI=1S/C28H37F3N4O4S/c1-32(22-6-3-7-23(20-22)33-15-17-39-18-16-33)27(36)11-10-26-25-9-4-12-34(25)13-14-35(26)40(37,38)24-8-2-5-21(19-24)28(29,30)31/h2,4-5,8-9,12,19,22-23,26H,3,6-7,10-11,13-18,20H2,1H3. The van der Waals surface area contributed by atoms with E-state index in [2.05, 4.69) is 4.90 Å². The summed E-state index contributed by atoms with van der Waals surface area (Å²) in [7, 11) is -2.41. The lowest BCUT2D eigenvalue weighted by atomic mass is 9.88. The molecular formula is C28H37F3N4O4S. The molecule has 2 fully saturated rings. The number of nitrogens with zero attached hydrogens (tertiary/aromatic N) is 4. The van der Waals surface area contributed by atoms with Crippen molar-refractivity contribution in [2.75, 3.05) is 39.9 Å². The van der Waals surface area contributed by atoms with E-state index in [4.69, 9.17) is 4.74 Å². The molecule has 1 aromatic carbocycles. The zero-order valence-corrected chi connectivity index (χ0v) is 23.5. The van der Waals surface area contributed by atoms with Gasteiger partial charge in [-0.1, -0.05) is 6.07 Å². The van der Waals surface area contributed by atoms with E-state index in [1.807, 2.05) is 34.8 Å². The van der Waals surface area contributed by atoms with Gasteiger partial charge in [-0.05, 0) is 62.4 Å². The molecule has 5 rings (SSSR count). The summed E-state index contributed by atoms with van der Waals surface area (Å²) in [5, 5.41) is 0. The molecule has 0 bridgehead atoms. The van der Waals surface area contributed by atoms with Crippen LogP contribution in [-0.2, 0) is 32.3 Å². The summed E-state index contributed by atoms with van der Waals surface area (Å²) < 4.78 is 76.0. The van der Waals surface area contributed by atoms with Crippen LogP contribution in [0.3, 0.4) is 0 Å². The van der Waals surface area contributed by atoms with Gasteiger partial charge in [-0.2, -0.15) is 17.5 Å². The highest BCUT2D eigenvalue weighted by Crippen LogP contribution is 2.37. The second-order valence-corrected chi connectivity index (χ2v) is 12.8. The quantitative estimate of drug-likeness (QED) is 0.491. The Bertz CT molecular complexity index is 1290. The zero-order chi connectivity index (χ0) is 28.5. The van der Waals surface area contributed by atoms with Crippen LogP contribution in [0.2, 0.25) is 0 Å². The molecule has 1 saturated carbocycles. The molecule has 3 atom stereocenters. The fraction of sp³-hybridized carbons (Fsp3) is 0.607. The number of morpholine rings is 1. The molecule has 3 heterocycles. The number of hydrogen-bond acceptors (Lipinski definition) is 5. The fourth-order valence-corrected chi connectivity index (χ4v) is 8.06. The SMILES string of the molecule is CN(C(=O)CCC1c2cccn2CCN1S(=O)(=O)c1cccc(C(F)(F)F)c1)C1CCCC(N2CCOCC2)C1. The first-order valence-corrected chi connectivity index (χ1v) is 15.4. The van der Waals surface area contributed by atoms with Crippen molar-refractivity contribution >= 4 is 15.9 Å². The Morgan fingerprint density at radius 1 is 1.07 bits per heavy atom. The molecule has 220 valence electrons. The molecule has 2 aliphatic heterocycles. The molecule has 1 amide bonds. The fourth-order valence-electron chi connectivity index (χ4n) is 6.40. The van der Waals surface area contributed by atoms with E-state index < -0.39 is 32.7 Å². The van der Waals surface area contributed by atoms with Crippen LogP contribution in [0.5, 0.6) is 0 Å². The van der Waals surface area contributed by atoms with E-state index in [0.717, 1.165) is 69.8 Å². The zero-order valence-electron chi connectivity index (χ0n) is 22.7. The normalized spacial score (nSPS) is 24.9. The molecule has 3 aliphatic rings. The smallest absolute Gasteiger partial charge is 0.379 e. The average molecular weight is 583 g/mol. The molecule has 8 nitrogen and oxygen atoms in total. The van der Waals surface area contributed by atoms with Crippen LogP contribution in [0.1, 0.15) is 55.8 Å². The van der Waals surface area contributed by atoms with Gasteiger partial charge in [0.25, 0.3) is 0 Å². The summed E-state index contributed by atoms with van der Waals surface area (Å²) in [6.45, 7) is 3.78. The Kier molecular flexibility index (Phi) is 8.61. The molecule has 1 saturated heterocycles. The van der Waals surface area contributed by atoms with E-state index in [1.54, 1.807) is 0 Å². The lowest BCUT2D eigenvalue weighted by Crippen LogP contribution is -2.50. The van der Waals surface area contributed by atoms with Gasteiger partial charge in [0.2, 0.25) is 15.9 Å². The number of hydrogen-bond donors (Lipinski definition) is 0. The third-order valence-corrected chi connectivity index (χ3v) is 10.5. The van der Waals surface area contributed by atoms with Crippen molar-refractivity contribution in [1.29, 1.82) is 0 Å². The van der Waals surface area contributed by atoms with E-state index in [9.17, 15) is 26.4 Å². The third kappa shape index (κ3) is 6.09. The Morgan fingerprint density at radius 2 is 1.85 bits per heavy atom. The summed E-state index contributed by atoms with van der Waals surface area (Å²) >= 11 is 0. The monoisotopic (exact) mass is 582 g/mol. The van der Waals surface area contributed by atoms with Crippen LogP contribution < -0.4 is 0 Å². The Balaban J connectivity index is 1.30. The van der Waals surface area contributed by atoms with E-state index in [0.29, 0.717) is 18.7 Å². The molecule has 3 unspecified atom stereocenters. The van der Waals surface area contributed by atoms with Crippen molar-refractivity contribution in [1.82, 2.24) is 18.7 Å². The van der Waals surface area contributed by atoms with Gasteiger partial charge in [0.05, 0.1) is 29.7 Å². The summed E-state index contributed by atoms with van der Waals surface area (Å²) in [5.74, 6) is -0.0484. The molecule has 0 spiro atoms. The lowest BCUT2D eigenvalue weighted by Gasteiger charge is -2.42. The summed E-state index contributed by atoms with van der Waals surface area (Å²) in [6, 6.07) is 7.39.